The van der Waals surface area contributed by atoms with Crippen LogP contribution in [0.4, 0.5) is 0 Å². The molecule has 3 aromatic heterocycles. The average molecular weight is 368 g/mol. The van der Waals surface area contributed by atoms with E-state index in [0.717, 1.165) is 42.0 Å². The van der Waals surface area contributed by atoms with Crippen molar-refractivity contribution in [2.45, 2.75) is 18.9 Å². The van der Waals surface area contributed by atoms with Crippen molar-refractivity contribution >= 4 is 11.6 Å². The van der Waals surface area contributed by atoms with Gasteiger partial charge in [-0.1, -0.05) is 36.4 Å². The molecule has 0 radical (unpaired) electrons. The zero-order valence-electron chi connectivity index (χ0n) is 15.4. The van der Waals surface area contributed by atoms with Gasteiger partial charge in [-0.25, -0.2) is 4.98 Å². The third-order valence-electron chi connectivity index (χ3n) is 5.31. The van der Waals surface area contributed by atoms with Gasteiger partial charge in [0.1, 0.15) is 5.65 Å². The highest BCUT2D eigenvalue weighted by Crippen LogP contribution is 2.32. The number of benzene rings is 1. The van der Waals surface area contributed by atoms with Gasteiger partial charge in [-0.15, -0.1) is 0 Å². The Kier molecular flexibility index (Phi) is 4.13. The molecule has 1 amide bonds. The summed E-state index contributed by atoms with van der Waals surface area (Å²) in [5.41, 5.74) is 4.43. The molecule has 28 heavy (non-hydrogen) atoms. The molecule has 5 rings (SSSR count). The average Bonchev–Trinajstić information content (AvgIpc) is 3.41. The highest BCUT2D eigenvalue weighted by molar-refractivity contribution is 5.94. The van der Waals surface area contributed by atoms with Gasteiger partial charge in [-0.2, -0.15) is 0 Å². The van der Waals surface area contributed by atoms with Crippen LogP contribution in [0.25, 0.3) is 16.9 Å². The molecule has 0 aliphatic carbocycles. The van der Waals surface area contributed by atoms with E-state index in [9.17, 15) is 4.79 Å². The van der Waals surface area contributed by atoms with Gasteiger partial charge in [0.25, 0.3) is 5.91 Å². The fourth-order valence-electron chi connectivity index (χ4n) is 3.92. The topological polar surface area (TPSA) is 50.5 Å². The predicted octanol–water partition coefficient (Wildman–Crippen LogP) is 4.37. The molecule has 1 atom stereocenters. The summed E-state index contributed by atoms with van der Waals surface area (Å²) in [6.45, 7) is 0.761. The van der Waals surface area contributed by atoms with Gasteiger partial charge in [0.15, 0.2) is 0 Å². The molecule has 0 bridgehead atoms. The minimum absolute atomic E-state index is 0.0463. The van der Waals surface area contributed by atoms with Crippen molar-refractivity contribution in [2.24, 2.45) is 0 Å². The summed E-state index contributed by atoms with van der Waals surface area (Å²) >= 11 is 0. The van der Waals surface area contributed by atoms with E-state index in [2.05, 4.69) is 9.97 Å². The number of aromatic nitrogens is 3. The first-order valence-electron chi connectivity index (χ1n) is 9.56. The minimum atomic E-state index is 0.0463. The number of carbonyl (C=O) groups excluding carboxylic acids is 1. The van der Waals surface area contributed by atoms with Crippen molar-refractivity contribution in [3.05, 3.63) is 90.5 Å². The fourth-order valence-corrected chi connectivity index (χ4v) is 3.92. The molecule has 0 unspecified atom stereocenters. The molecular formula is C23H20N4O. The molecule has 1 saturated heterocycles. The number of carbonyl (C=O) groups is 1. The Balaban J connectivity index is 1.46. The van der Waals surface area contributed by atoms with Crippen LogP contribution in [0.1, 0.15) is 34.9 Å². The number of hydrogen-bond donors (Lipinski definition) is 0. The van der Waals surface area contributed by atoms with Crippen molar-refractivity contribution in [2.75, 3.05) is 6.54 Å². The SMILES string of the molecule is O=C(c1ccc2nc(-c3ccccc3)cn2c1)N1CCC[C@H]1c1ccccn1. The number of hydrogen-bond acceptors (Lipinski definition) is 3. The fraction of sp³-hybridized carbons (Fsp3) is 0.174. The molecule has 1 aromatic carbocycles. The number of nitrogens with zero attached hydrogens (tertiary/aromatic N) is 4. The maximum atomic E-state index is 13.2. The van der Waals surface area contributed by atoms with Crippen LogP contribution in [0.5, 0.6) is 0 Å². The van der Waals surface area contributed by atoms with Gasteiger partial charge < -0.3 is 9.30 Å². The molecule has 4 aromatic rings. The van der Waals surface area contributed by atoms with Crippen LogP contribution in [-0.4, -0.2) is 31.7 Å². The van der Waals surface area contributed by atoms with Crippen LogP contribution >= 0.6 is 0 Å². The van der Waals surface area contributed by atoms with Crippen molar-refractivity contribution in [1.29, 1.82) is 0 Å². The molecule has 1 aliphatic heterocycles. The molecular weight excluding hydrogens is 348 g/mol. The first kappa shape index (κ1) is 16.7. The van der Waals surface area contributed by atoms with Crippen molar-refractivity contribution < 1.29 is 4.79 Å². The Bertz CT molecular complexity index is 1120. The maximum Gasteiger partial charge on any atom is 0.255 e. The quantitative estimate of drug-likeness (QED) is 0.539. The monoisotopic (exact) mass is 368 g/mol. The summed E-state index contributed by atoms with van der Waals surface area (Å²) in [4.78, 5) is 24.3. The molecule has 4 heterocycles. The van der Waals surface area contributed by atoms with Crippen LogP contribution in [-0.2, 0) is 0 Å². The first-order valence-corrected chi connectivity index (χ1v) is 9.56. The summed E-state index contributed by atoms with van der Waals surface area (Å²) in [5.74, 6) is 0.0463. The van der Waals surface area contributed by atoms with Crippen LogP contribution < -0.4 is 0 Å². The summed E-state index contributed by atoms with van der Waals surface area (Å²) < 4.78 is 1.93. The van der Waals surface area contributed by atoms with Crippen molar-refractivity contribution in [3.8, 4) is 11.3 Å². The second-order valence-corrected chi connectivity index (χ2v) is 7.09. The van der Waals surface area contributed by atoms with Crippen LogP contribution in [0.3, 0.4) is 0 Å². The number of amides is 1. The Morgan fingerprint density at radius 1 is 0.964 bits per heavy atom. The van der Waals surface area contributed by atoms with Gasteiger partial charge in [0.2, 0.25) is 0 Å². The van der Waals surface area contributed by atoms with Crippen molar-refractivity contribution in [1.82, 2.24) is 19.3 Å². The maximum absolute atomic E-state index is 13.2. The predicted molar refractivity (Wildman–Crippen MR) is 108 cm³/mol. The largest absolute Gasteiger partial charge is 0.330 e. The zero-order chi connectivity index (χ0) is 18.9. The second-order valence-electron chi connectivity index (χ2n) is 7.09. The van der Waals surface area contributed by atoms with E-state index >= 15 is 0 Å². The lowest BCUT2D eigenvalue weighted by Crippen LogP contribution is -2.31. The molecule has 0 saturated carbocycles. The summed E-state index contributed by atoms with van der Waals surface area (Å²) in [5, 5.41) is 0. The highest BCUT2D eigenvalue weighted by Gasteiger charge is 2.31. The third-order valence-corrected chi connectivity index (χ3v) is 5.31. The van der Waals surface area contributed by atoms with Gasteiger partial charge in [-0.3, -0.25) is 9.78 Å². The Labute approximate surface area is 163 Å². The normalized spacial score (nSPS) is 16.6. The molecule has 1 aliphatic rings. The lowest BCUT2D eigenvalue weighted by Gasteiger charge is -2.24. The van der Waals surface area contributed by atoms with Crippen LogP contribution in [0.2, 0.25) is 0 Å². The molecule has 0 spiro atoms. The summed E-state index contributed by atoms with van der Waals surface area (Å²) in [7, 11) is 0. The lowest BCUT2D eigenvalue weighted by atomic mass is 10.1. The second kappa shape index (κ2) is 6.93. The lowest BCUT2D eigenvalue weighted by molar-refractivity contribution is 0.0732. The number of pyridine rings is 2. The van der Waals surface area contributed by atoms with E-state index in [1.807, 2.05) is 82.4 Å². The van der Waals surface area contributed by atoms with Crippen molar-refractivity contribution in [3.63, 3.8) is 0 Å². The minimum Gasteiger partial charge on any atom is -0.330 e. The zero-order valence-corrected chi connectivity index (χ0v) is 15.4. The number of imidazole rings is 1. The smallest absolute Gasteiger partial charge is 0.255 e. The van der Waals surface area contributed by atoms with E-state index in [0.29, 0.717) is 5.56 Å². The Morgan fingerprint density at radius 3 is 2.64 bits per heavy atom. The molecule has 1 fully saturated rings. The number of fused-ring (bicyclic) bond motifs is 1. The Morgan fingerprint density at radius 2 is 1.82 bits per heavy atom. The van der Waals surface area contributed by atoms with E-state index in [-0.39, 0.29) is 11.9 Å². The van der Waals surface area contributed by atoms with E-state index in [4.69, 9.17) is 0 Å². The van der Waals surface area contributed by atoms with Gasteiger partial charge >= 0.3 is 0 Å². The number of likely N-dealkylation sites (tertiary alicyclic amines) is 1. The van der Waals surface area contributed by atoms with E-state index in [1.165, 1.54) is 0 Å². The molecule has 138 valence electrons. The molecule has 5 nitrogen and oxygen atoms in total. The highest BCUT2D eigenvalue weighted by atomic mass is 16.2. The van der Waals surface area contributed by atoms with Gasteiger partial charge in [-0.05, 0) is 37.1 Å². The van der Waals surface area contributed by atoms with E-state index in [1.54, 1.807) is 6.20 Å². The number of rotatable bonds is 3. The first-order chi connectivity index (χ1) is 13.8. The van der Waals surface area contributed by atoms with E-state index < -0.39 is 0 Å². The van der Waals surface area contributed by atoms with Crippen LogP contribution in [0, 0.1) is 0 Å². The Hall–Kier alpha value is -3.47. The summed E-state index contributed by atoms with van der Waals surface area (Å²) in [6.07, 6.45) is 7.60. The van der Waals surface area contributed by atoms with Gasteiger partial charge in [0, 0.05) is 30.7 Å². The summed E-state index contributed by atoms with van der Waals surface area (Å²) in [6, 6.07) is 19.8. The van der Waals surface area contributed by atoms with Gasteiger partial charge in [0.05, 0.1) is 23.0 Å². The standard InChI is InChI=1S/C23H20N4O/c28-23(27-14-6-10-21(27)19-9-4-5-13-24-19)18-11-12-22-25-20(16-26(22)15-18)17-7-2-1-3-8-17/h1-5,7-9,11-13,15-16,21H,6,10,14H2/t21-/m0/s1. The molecule has 5 heteroatoms. The van der Waals surface area contributed by atoms with Crippen LogP contribution in [0.15, 0.2) is 79.3 Å². The third kappa shape index (κ3) is 2.95. The molecule has 0 N–H and O–H groups in total.